The van der Waals surface area contributed by atoms with E-state index in [4.69, 9.17) is 11.6 Å². The van der Waals surface area contributed by atoms with Gasteiger partial charge >= 0.3 is 0 Å². The molecule has 4 aromatic rings. The second-order valence-electron chi connectivity index (χ2n) is 6.26. The van der Waals surface area contributed by atoms with Crippen LogP contribution in [0, 0.1) is 0 Å². The molecule has 0 saturated carbocycles. The highest BCUT2D eigenvalue weighted by atomic mass is 35.5. The predicted octanol–water partition coefficient (Wildman–Crippen LogP) is 5.48. The van der Waals surface area contributed by atoms with Crippen molar-refractivity contribution in [2.24, 2.45) is 0 Å². The van der Waals surface area contributed by atoms with Crippen LogP contribution in [0.5, 0.6) is 0 Å². The van der Waals surface area contributed by atoms with Crippen molar-refractivity contribution in [3.8, 4) is 10.6 Å². The van der Waals surface area contributed by atoms with Gasteiger partial charge in [0.1, 0.15) is 5.01 Å². The molecule has 0 saturated heterocycles. The monoisotopic (exact) mass is 392 g/mol. The molecule has 4 rings (SSSR count). The van der Waals surface area contributed by atoms with E-state index in [1.807, 2.05) is 42.5 Å². The Balaban J connectivity index is 1.37. The number of amides is 1. The Hall–Kier alpha value is -2.69. The third-order valence-electron chi connectivity index (χ3n) is 4.26. The minimum atomic E-state index is -0.00688. The first-order valence-corrected chi connectivity index (χ1v) is 9.83. The molecule has 0 bridgehead atoms. The first kappa shape index (κ1) is 17.7. The van der Waals surface area contributed by atoms with Crippen LogP contribution in [0.2, 0.25) is 5.02 Å². The lowest BCUT2D eigenvalue weighted by Crippen LogP contribution is -2.24. The number of hydrogen-bond acceptors (Lipinski definition) is 3. The lowest BCUT2D eigenvalue weighted by atomic mass is 10.1. The normalized spacial score (nSPS) is 10.9. The van der Waals surface area contributed by atoms with Crippen LogP contribution in [-0.2, 0) is 17.8 Å². The molecule has 3 nitrogen and oxygen atoms in total. The number of carbonyl (C=O) groups is 1. The lowest BCUT2D eigenvalue weighted by molar-refractivity contribution is -0.120. The van der Waals surface area contributed by atoms with Crippen molar-refractivity contribution in [2.75, 3.05) is 0 Å². The van der Waals surface area contributed by atoms with Crippen LogP contribution >= 0.6 is 22.9 Å². The Kier molecular flexibility index (Phi) is 5.19. The number of fused-ring (bicyclic) bond motifs is 1. The number of thiazole rings is 1. The van der Waals surface area contributed by atoms with Crippen molar-refractivity contribution < 1.29 is 4.79 Å². The Morgan fingerprint density at radius 3 is 2.37 bits per heavy atom. The van der Waals surface area contributed by atoms with Gasteiger partial charge in [0.05, 0.1) is 16.6 Å². The smallest absolute Gasteiger partial charge is 0.224 e. The van der Waals surface area contributed by atoms with Crippen molar-refractivity contribution in [2.45, 2.75) is 13.0 Å². The number of para-hydroxylation sites is 1. The summed E-state index contributed by atoms with van der Waals surface area (Å²) in [5.74, 6) is -0.00688. The molecule has 1 heterocycles. The standard InChI is InChI=1S/C22H17ClN2OS/c23-18-11-7-15(8-12-18)13-21(26)24-14-16-5-9-17(10-6-16)22-25-19-3-1-2-4-20(19)27-22/h1-12H,13-14H2,(H,24,26). The number of halogens is 1. The van der Waals surface area contributed by atoms with Gasteiger partial charge in [-0.2, -0.15) is 0 Å². The molecule has 0 spiro atoms. The quantitative estimate of drug-likeness (QED) is 0.489. The Bertz CT molecular complexity index is 1040. The molecule has 0 aliphatic heterocycles. The number of carbonyl (C=O) groups excluding carboxylic acids is 1. The molecule has 0 unspecified atom stereocenters. The molecule has 3 aromatic carbocycles. The van der Waals surface area contributed by atoms with Gasteiger partial charge < -0.3 is 5.32 Å². The largest absolute Gasteiger partial charge is 0.352 e. The third kappa shape index (κ3) is 4.35. The Morgan fingerprint density at radius 1 is 0.926 bits per heavy atom. The topological polar surface area (TPSA) is 42.0 Å². The minimum Gasteiger partial charge on any atom is -0.352 e. The van der Waals surface area contributed by atoms with E-state index >= 15 is 0 Å². The van der Waals surface area contributed by atoms with Crippen LogP contribution in [0.25, 0.3) is 20.8 Å². The van der Waals surface area contributed by atoms with Crippen LogP contribution < -0.4 is 5.32 Å². The number of benzene rings is 3. The van der Waals surface area contributed by atoms with Gasteiger partial charge in [0.2, 0.25) is 5.91 Å². The van der Waals surface area contributed by atoms with E-state index in [0.717, 1.165) is 27.2 Å². The van der Waals surface area contributed by atoms with E-state index in [1.54, 1.807) is 23.5 Å². The van der Waals surface area contributed by atoms with Crippen molar-refractivity contribution >= 4 is 39.1 Å². The summed E-state index contributed by atoms with van der Waals surface area (Å²) in [4.78, 5) is 16.8. The molecular weight excluding hydrogens is 376 g/mol. The van der Waals surface area contributed by atoms with Gasteiger partial charge in [-0.1, -0.05) is 60.1 Å². The van der Waals surface area contributed by atoms with Crippen molar-refractivity contribution in [3.63, 3.8) is 0 Å². The molecule has 5 heteroatoms. The predicted molar refractivity (Wildman–Crippen MR) is 112 cm³/mol. The summed E-state index contributed by atoms with van der Waals surface area (Å²) in [7, 11) is 0. The third-order valence-corrected chi connectivity index (χ3v) is 5.60. The number of nitrogens with one attached hydrogen (secondary N) is 1. The van der Waals surface area contributed by atoms with Gasteiger partial charge in [-0.05, 0) is 35.4 Å². The summed E-state index contributed by atoms with van der Waals surface area (Å²) in [5.41, 5.74) is 4.12. The minimum absolute atomic E-state index is 0.00688. The number of hydrogen-bond donors (Lipinski definition) is 1. The second-order valence-corrected chi connectivity index (χ2v) is 7.73. The fourth-order valence-electron chi connectivity index (χ4n) is 2.81. The van der Waals surface area contributed by atoms with Crippen molar-refractivity contribution in [1.29, 1.82) is 0 Å². The highest BCUT2D eigenvalue weighted by molar-refractivity contribution is 7.21. The second kappa shape index (κ2) is 7.91. The number of aromatic nitrogens is 1. The van der Waals surface area contributed by atoms with Gasteiger partial charge in [-0.3, -0.25) is 4.79 Å². The molecular formula is C22H17ClN2OS. The Labute approximate surface area is 166 Å². The van der Waals surface area contributed by atoms with E-state index in [0.29, 0.717) is 18.0 Å². The molecule has 1 amide bonds. The lowest BCUT2D eigenvalue weighted by Gasteiger charge is -2.06. The number of rotatable bonds is 5. The maximum absolute atomic E-state index is 12.1. The molecule has 134 valence electrons. The summed E-state index contributed by atoms with van der Waals surface area (Å²) >= 11 is 7.55. The molecule has 0 atom stereocenters. The summed E-state index contributed by atoms with van der Waals surface area (Å²) in [5, 5.41) is 4.64. The van der Waals surface area contributed by atoms with Crippen LogP contribution in [0.3, 0.4) is 0 Å². The van der Waals surface area contributed by atoms with Crippen LogP contribution in [0.1, 0.15) is 11.1 Å². The summed E-state index contributed by atoms with van der Waals surface area (Å²) in [6.45, 7) is 0.506. The van der Waals surface area contributed by atoms with Gasteiger partial charge in [-0.25, -0.2) is 4.98 Å². The van der Waals surface area contributed by atoms with Crippen molar-refractivity contribution in [1.82, 2.24) is 10.3 Å². The molecule has 0 fully saturated rings. The van der Waals surface area contributed by atoms with E-state index in [2.05, 4.69) is 28.5 Å². The van der Waals surface area contributed by atoms with Gasteiger partial charge in [0.15, 0.2) is 0 Å². The SMILES string of the molecule is O=C(Cc1ccc(Cl)cc1)NCc1ccc(-c2nc3ccccc3s2)cc1. The summed E-state index contributed by atoms with van der Waals surface area (Å²) in [6, 6.07) is 23.6. The zero-order valence-corrected chi connectivity index (χ0v) is 16.1. The van der Waals surface area contributed by atoms with E-state index in [1.165, 1.54) is 4.70 Å². The van der Waals surface area contributed by atoms with Gasteiger partial charge in [0.25, 0.3) is 0 Å². The van der Waals surface area contributed by atoms with Gasteiger partial charge in [0, 0.05) is 17.1 Å². The summed E-state index contributed by atoms with van der Waals surface area (Å²) < 4.78 is 1.19. The van der Waals surface area contributed by atoms with Gasteiger partial charge in [-0.15, -0.1) is 11.3 Å². The molecule has 27 heavy (non-hydrogen) atoms. The highest BCUT2D eigenvalue weighted by Gasteiger charge is 2.07. The van der Waals surface area contributed by atoms with E-state index in [9.17, 15) is 4.79 Å². The molecule has 1 aromatic heterocycles. The highest BCUT2D eigenvalue weighted by Crippen LogP contribution is 2.29. The van der Waals surface area contributed by atoms with E-state index < -0.39 is 0 Å². The van der Waals surface area contributed by atoms with E-state index in [-0.39, 0.29) is 5.91 Å². The van der Waals surface area contributed by atoms with Crippen molar-refractivity contribution in [3.05, 3.63) is 88.9 Å². The maximum Gasteiger partial charge on any atom is 0.224 e. The number of nitrogens with zero attached hydrogens (tertiary/aromatic N) is 1. The maximum atomic E-state index is 12.1. The molecule has 1 N–H and O–H groups in total. The fourth-order valence-corrected chi connectivity index (χ4v) is 3.91. The Morgan fingerprint density at radius 2 is 1.63 bits per heavy atom. The zero-order chi connectivity index (χ0) is 18.6. The molecule has 0 aliphatic rings. The summed E-state index contributed by atoms with van der Waals surface area (Å²) in [6.07, 6.45) is 0.348. The fraction of sp³-hybridized carbons (Fsp3) is 0.0909. The average Bonchev–Trinajstić information content (AvgIpc) is 3.13. The first-order valence-electron chi connectivity index (χ1n) is 8.63. The zero-order valence-electron chi connectivity index (χ0n) is 14.5. The van der Waals surface area contributed by atoms with Crippen LogP contribution in [0.4, 0.5) is 0 Å². The molecule has 0 radical (unpaired) electrons. The van der Waals surface area contributed by atoms with Crippen LogP contribution in [0.15, 0.2) is 72.8 Å². The van der Waals surface area contributed by atoms with Crippen LogP contribution in [-0.4, -0.2) is 10.9 Å². The average molecular weight is 393 g/mol. The molecule has 0 aliphatic carbocycles. The first-order chi connectivity index (χ1) is 13.2.